The topological polar surface area (TPSA) is 41.6 Å². The highest BCUT2D eigenvalue weighted by Crippen LogP contribution is 2.35. The molecule has 0 saturated heterocycles. The van der Waals surface area contributed by atoms with Crippen LogP contribution in [0.4, 0.5) is 0 Å². The molecule has 4 nitrogen and oxygen atoms in total. The van der Waals surface area contributed by atoms with E-state index in [1.54, 1.807) is 0 Å². The quantitative estimate of drug-likeness (QED) is 0.746. The minimum Gasteiger partial charge on any atom is -0.468 e. The predicted molar refractivity (Wildman–Crippen MR) is 76.0 cm³/mol. The molecule has 0 aromatic carbocycles. The summed E-state index contributed by atoms with van der Waals surface area (Å²) in [4.78, 5) is 14.5. The Bertz CT molecular complexity index is 317. The van der Waals surface area contributed by atoms with Gasteiger partial charge in [-0.2, -0.15) is 0 Å². The Labute approximate surface area is 116 Å². The van der Waals surface area contributed by atoms with Gasteiger partial charge in [0.1, 0.15) is 5.54 Å². The molecule has 0 aromatic heterocycles. The van der Waals surface area contributed by atoms with Gasteiger partial charge in [0.2, 0.25) is 0 Å². The van der Waals surface area contributed by atoms with Crippen LogP contribution in [0.1, 0.15) is 45.4 Å². The Hall–Kier alpha value is -0.610. The zero-order chi connectivity index (χ0) is 13.9. The maximum Gasteiger partial charge on any atom is 0.326 e. The number of nitrogens with zero attached hydrogens (tertiary/aromatic N) is 1. The third kappa shape index (κ3) is 3.11. The summed E-state index contributed by atoms with van der Waals surface area (Å²) in [6.45, 7) is 4.05. The first-order chi connectivity index (χ1) is 9.11. The fourth-order valence-corrected chi connectivity index (χ4v) is 3.58. The second-order valence-corrected chi connectivity index (χ2v) is 6.24. The number of nitrogens with one attached hydrogen (secondary N) is 1. The number of carbonyl (C=O) groups excluding carboxylic acids is 1. The van der Waals surface area contributed by atoms with Crippen LogP contribution in [0, 0.1) is 5.92 Å². The first-order valence-electron chi connectivity index (χ1n) is 7.65. The van der Waals surface area contributed by atoms with E-state index < -0.39 is 5.54 Å². The molecule has 2 rings (SSSR count). The molecule has 2 atom stereocenters. The van der Waals surface area contributed by atoms with Gasteiger partial charge < -0.3 is 15.0 Å². The van der Waals surface area contributed by atoms with Crippen LogP contribution in [0.25, 0.3) is 0 Å². The largest absolute Gasteiger partial charge is 0.468 e. The normalized spacial score (nSPS) is 31.5. The fourth-order valence-electron chi connectivity index (χ4n) is 3.58. The number of likely N-dealkylation sites (N-methyl/N-ethyl adjacent to an activating group) is 1. The van der Waals surface area contributed by atoms with Gasteiger partial charge in [-0.3, -0.25) is 4.79 Å². The molecule has 0 spiro atoms. The average Bonchev–Trinajstić information content (AvgIpc) is 2.78. The summed E-state index contributed by atoms with van der Waals surface area (Å²) in [5, 5.41) is 3.37. The van der Waals surface area contributed by atoms with Crippen LogP contribution in [-0.4, -0.2) is 49.7 Å². The third-order valence-electron chi connectivity index (χ3n) is 4.97. The lowest BCUT2D eigenvalue weighted by molar-refractivity contribution is -0.148. The Morgan fingerprint density at radius 3 is 2.68 bits per heavy atom. The van der Waals surface area contributed by atoms with Crippen LogP contribution in [0.2, 0.25) is 0 Å². The molecule has 110 valence electrons. The molecule has 2 aliphatic rings. The van der Waals surface area contributed by atoms with Crippen LogP contribution < -0.4 is 5.32 Å². The van der Waals surface area contributed by atoms with E-state index in [0.29, 0.717) is 6.04 Å². The minimum absolute atomic E-state index is 0.0890. The van der Waals surface area contributed by atoms with Gasteiger partial charge in [0.05, 0.1) is 7.11 Å². The number of ether oxygens (including phenoxy) is 1. The molecule has 0 aromatic rings. The summed E-state index contributed by atoms with van der Waals surface area (Å²) in [5.74, 6) is 0.797. The number of hydrogen-bond donors (Lipinski definition) is 1. The zero-order valence-electron chi connectivity index (χ0n) is 12.6. The van der Waals surface area contributed by atoms with Crippen LogP contribution >= 0.6 is 0 Å². The monoisotopic (exact) mass is 268 g/mol. The highest BCUT2D eigenvalue weighted by molar-refractivity contribution is 5.81. The van der Waals surface area contributed by atoms with Gasteiger partial charge in [-0.15, -0.1) is 0 Å². The van der Waals surface area contributed by atoms with Crippen LogP contribution in [0.3, 0.4) is 0 Å². The Balaban J connectivity index is 1.93. The van der Waals surface area contributed by atoms with Crippen molar-refractivity contribution in [2.45, 2.75) is 57.0 Å². The second-order valence-electron chi connectivity index (χ2n) is 6.24. The van der Waals surface area contributed by atoms with Crippen molar-refractivity contribution in [3.63, 3.8) is 0 Å². The number of methoxy groups -OCH3 is 1. The molecular formula is C15H28N2O2. The van der Waals surface area contributed by atoms with Gasteiger partial charge in [-0.25, -0.2) is 0 Å². The van der Waals surface area contributed by atoms with Crippen molar-refractivity contribution in [2.24, 2.45) is 5.92 Å². The molecule has 19 heavy (non-hydrogen) atoms. The molecule has 2 fully saturated rings. The smallest absolute Gasteiger partial charge is 0.326 e. The maximum atomic E-state index is 12.1. The Kier molecular flexibility index (Phi) is 4.85. The summed E-state index contributed by atoms with van der Waals surface area (Å²) >= 11 is 0. The van der Waals surface area contributed by atoms with Gasteiger partial charge in [0.15, 0.2) is 0 Å². The third-order valence-corrected chi connectivity index (χ3v) is 4.97. The first-order valence-corrected chi connectivity index (χ1v) is 7.65. The predicted octanol–water partition coefficient (Wildman–Crippen LogP) is 1.79. The van der Waals surface area contributed by atoms with Gasteiger partial charge in [0.25, 0.3) is 0 Å². The summed E-state index contributed by atoms with van der Waals surface area (Å²) in [5.41, 5.74) is -0.442. The van der Waals surface area contributed by atoms with Crippen LogP contribution in [-0.2, 0) is 9.53 Å². The van der Waals surface area contributed by atoms with Gasteiger partial charge in [-0.05, 0) is 51.6 Å². The fraction of sp³-hybridized carbons (Fsp3) is 0.933. The number of esters is 1. The molecule has 0 amide bonds. The molecule has 4 heteroatoms. The van der Waals surface area contributed by atoms with E-state index in [0.717, 1.165) is 31.7 Å². The van der Waals surface area contributed by atoms with E-state index in [2.05, 4.69) is 24.2 Å². The van der Waals surface area contributed by atoms with Crippen LogP contribution in [0.15, 0.2) is 0 Å². The van der Waals surface area contributed by atoms with Crippen molar-refractivity contribution >= 4 is 5.97 Å². The minimum atomic E-state index is -0.442. The molecule has 2 aliphatic carbocycles. The van der Waals surface area contributed by atoms with Crippen molar-refractivity contribution in [1.29, 1.82) is 0 Å². The lowest BCUT2D eigenvalue weighted by Crippen LogP contribution is -2.52. The van der Waals surface area contributed by atoms with E-state index in [-0.39, 0.29) is 5.97 Å². The van der Waals surface area contributed by atoms with Gasteiger partial charge in [-0.1, -0.05) is 13.3 Å². The molecule has 0 aliphatic heterocycles. The highest BCUT2D eigenvalue weighted by atomic mass is 16.5. The van der Waals surface area contributed by atoms with E-state index in [4.69, 9.17) is 4.74 Å². The summed E-state index contributed by atoms with van der Waals surface area (Å²) in [7, 11) is 3.70. The van der Waals surface area contributed by atoms with E-state index >= 15 is 0 Å². The summed E-state index contributed by atoms with van der Waals surface area (Å²) in [6, 6.07) is 0.513. The molecule has 2 saturated carbocycles. The SMILES string of the molecule is CCNC1(C(=O)OC)CCC(N(C)CC2CCC2)C1. The van der Waals surface area contributed by atoms with Crippen molar-refractivity contribution in [3.8, 4) is 0 Å². The standard InChI is InChI=1S/C15H28N2O2/c1-4-16-15(14(18)19-3)9-8-13(10-15)17(2)11-12-6-5-7-12/h12-13,16H,4-11H2,1-3H3. The van der Waals surface area contributed by atoms with Crippen molar-refractivity contribution in [1.82, 2.24) is 10.2 Å². The van der Waals surface area contributed by atoms with Gasteiger partial charge in [0, 0.05) is 12.6 Å². The Morgan fingerprint density at radius 1 is 1.42 bits per heavy atom. The van der Waals surface area contributed by atoms with Crippen molar-refractivity contribution < 1.29 is 9.53 Å². The van der Waals surface area contributed by atoms with Crippen molar-refractivity contribution in [2.75, 3.05) is 27.2 Å². The molecule has 0 bridgehead atoms. The molecule has 0 radical (unpaired) electrons. The van der Waals surface area contributed by atoms with Crippen LogP contribution in [0.5, 0.6) is 0 Å². The van der Waals surface area contributed by atoms with E-state index in [1.165, 1.54) is 32.9 Å². The lowest BCUT2D eigenvalue weighted by Gasteiger charge is -2.34. The molecular weight excluding hydrogens is 240 g/mol. The summed E-state index contributed by atoms with van der Waals surface area (Å²) < 4.78 is 5.01. The summed E-state index contributed by atoms with van der Waals surface area (Å²) in [6.07, 6.45) is 7.03. The van der Waals surface area contributed by atoms with Gasteiger partial charge >= 0.3 is 5.97 Å². The molecule has 1 N–H and O–H groups in total. The molecule has 2 unspecified atom stereocenters. The lowest BCUT2D eigenvalue weighted by atomic mass is 9.85. The van der Waals surface area contributed by atoms with E-state index in [9.17, 15) is 4.79 Å². The number of hydrogen-bond acceptors (Lipinski definition) is 4. The van der Waals surface area contributed by atoms with E-state index in [1.807, 2.05) is 0 Å². The zero-order valence-corrected chi connectivity index (χ0v) is 12.6. The first kappa shape index (κ1) is 14.8. The highest BCUT2D eigenvalue weighted by Gasteiger charge is 2.46. The Morgan fingerprint density at radius 2 is 2.16 bits per heavy atom. The number of carbonyl (C=O) groups is 1. The molecule has 0 heterocycles. The second kappa shape index (κ2) is 6.23. The van der Waals surface area contributed by atoms with Crippen molar-refractivity contribution in [3.05, 3.63) is 0 Å². The maximum absolute atomic E-state index is 12.1. The number of rotatable bonds is 6. The average molecular weight is 268 g/mol.